The molecule has 0 aliphatic heterocycles. The van der Waals surface area contributed by atoms with Gasteiger partial charge in [0.2, 0.25) is 0 Å². The molecule has 0 bridgehead atoms. The van der Waals surface area contributed by atoms with Crippen LogP contribution in [0.15, 0.2) is 42.5 Å². The maximum Gasteiger partial charge on any atom is 0.167 e. The van der Waals surface area contributed by atoms with Gasteiger partial charge in [0.25, 0.3) is 0 Å². The summed E-state index contributed by atoms with van der Waals surface area (Å²) in [7, 11) is 0. The largest absolute Gasteiger partial charge is 0.508 e. The summed E-state index contributed by atoms with van der Waals surface area (Å²) >= 11 is 0. The molecule has 2 aromatic carbocycles. The number of ketones is 1. The van der Waals surface area contributed by atoms with E-state index in [1.165, 1.54) is 0 Å². The molecular weight excluding hydrogens is 200 g/mol. The molecule has 2 nitrogen and oxygen atoms in total. The molecule has 2 aromatic rings. The van der Waals surface area contributed by atoms with Crippen molar-refractivity contribution >= 4 is 22.3 Å². The van der Waals surface area contributed by atoms with Gasteiger partial charge in [-0.15, -0.1) is 0 Å². The van der Waals surface area contributed by atoms with Gasteiger partial charge in [-0.1, -0.05) is 24.3 Å². The Kier molecular flexibility index (Phi) is 1.83. The third kappa shape index (κ3) is 1.23. The topological polar surface area (TPSA) is 37.3 Å². The highest BCUT2D eigenvalue weighted by Crippen LogP contribution is 2.28. The number of carbonyl (C=O) groups is 1. The Morgan fingerprint density at radius 2 is 1.62 bits per heavy atom. The summed E-state index contributed by atoms with van der Waals surface area (Å²) in [5, 5.41) is 11.8. The number of hydrogen-bond donors (Lipinski definition) is 1. The Hall–Kier alpha value is -2.09. The zero-order chi connectivity index (χ0) is 11.1. The lowest BCUT2D eigenvalue weighted by atomic mass is 9.92. The van der Waals surface area contributed by atoms with Crippen molar-refractivity contribution in [3.63, 3.8) is 0 Å². The van der Waals surface area contributed by atoms with Crippen LogP contribution in [0.25, 0.3) is 16.5 Å². The number of rotatable bonds is 0. The second-order valence-electron chi connectivity index (χ2n) is 3.96. The number of allylic oxidation sites excluding steroid dienone is 1. The van der Waals surface area contributed by atoms with Crippen LogP contribution in [0.3, 0.4) is 0 Å². The first kappa shape index (κ1) is 9.16. The fraction of sp³-hybridized carbons (Fsp3) is 0.0714. The van der Waals surface area contributed by atoms with E-state index >= 15 is 0 Å². The minimum absolute atomic E-state index is 0.0681. The van der Waals surface area contributed by atoms with E-state index in [1.54, 1.807) is 6.08 Å². The van der Waals surface area contributed by atoms with Gasteiger partial charge >= 0.3 is 0 Å². The van der Waals surface area contributed by atoms with E-state index in [9.17, 15) is 9.90 Å². The number of fused-ring (bicyclic) bond motifs is 2. The molecule has 78 valence electrons. The zero-order valence-corrected chi connectivity index (χ0v) is 8.60. The number of aliphatic hydroxyl groups is 1. The van der Waals surface area contributed by atoms with Crippen molar-refractivity contribution in [3.05, 3.63) is 53.6 Å². The summed E-state index contributed by atoms with van der Waals surface area (Å²) in [5.74, 6) is 0.277. The van der Waals surface area contributed by atoms with Gasteiger partial charge in [0.1, 0.15) is 5.76 Å². The minimum Gasteiger partial charge on any atom is -0.508 e. The molecule has 0 fully saturated rings. The SMILES string of the molecule is O=C1CC=C(O)c2cc3ccccc3cc21. The second-order valence-corrected chi connectivity index (χ2v) is 3.96. The summed E-state index contributed by atoms with van der Waals surface area (Å²) < 4.78 is 0. The van der Waals surface area contributed by atoms with Crippen LogP contribution < -0.4 is 0 Å². The van der Waals surface area contributed by atoms with Crippen molar-refractivity contribution < 1.29 is 9.90 Å². The van der Waals surface area contributed by atoms with E-state index < -0.39 is 0 Å². The van der Waals surface area contributed by atoms with E-state index in [-0.39, 0.29) is 18.0 Å². The zero-order valence-electron chi connectivity index (χ0n) is 8.60. The molecule has 1 aliphatic carbocycles. The average molecular weight is 210 g/mol. The lowest BCUT2D eigenvalue weighted by Gasteiger charge is -2.13. The van der Waals surface area contributed by atoms with Crippen LogP contribution in [-0.2, 0) is 0 Å². The van der Waals surface area contributed by atoms with Crippen LogP contribution in [-0.4, -0.2) is 10.9 Å². The molecule has 3 rings (SSSR count). The Balaban J connectivity index is 2.39. The van der Waals surface area contributed by atoms with Crippen molar-refractivity contribution in [3.8, 4) is 0 Å². The lowest BCUT2D eigenvalue weighted by molar-refractivity contribution is 0.0993. The normalized spacial score (nSPS) is 14.8. The minimum atomic E-state index is 0.0681. The van der Waals surface area contributed by atoms with E-state index in [2.05, 4.69) is 0 Å². The van der Waals surface area contributed by atoms with E-state index in [0.29, 0.717) is 11.1 Å². The van der Waals surface area contributed by atoms with Gasteiger partial charge in [0, 0.05) is 17.5 Å². The average Bonchev–Trinajstić information content (AvgIpc) is 2.32. The van der Waals surface area contributed by atoms with Gasteiger partial charge in [-0.2, -0.15) is 0 Å². The van der Waals surface area contributed by atoms with Crippen LogP contribution in [0.1, 0.15) is 22.3 Å². The summed E-state index contributed by atoms with van der Waals surface area (Å²) in [6.45, 7) is 0. The van der Waals surface area contributed by atoms with Gasteiger partial charge in [0.15, 0.2) is 5.78 Å². The van der Waals surface area contributed by atoms with Crippen LogP contribution in [0.4, 0.5) is 0 Å². The summed E-state index contributed by atoms with van der Waals surface area (Å²) in [4.78, 5) is 11.7. The molecule has 16 heavy (non-hydrogen) atoms. The standard InChI is InChI=1S/C14H10O2/c15-13-5-6-14(16)12-8-10-4-2-1-3-9(10)7-11(12)13/h1-5,7-8,15H,6H2. The van der Waals surface area contributed by atoms with E-state index in [0.717, 1.165) is 10.8 Å². The van der Waals surface area contributed by atoms with Gasteiger partial charge < -0.3 is 5.11 Å². The smallest absolute Gasteiger partial charge is 0.167 e. The van der Waals surface area contributed by atoms with Gasteiger partial charge in [-0.05, 0) is 29.0 Å². The Labute approximate surface area is 92.8 Å². The Bertz CT molecular complexity index is 624. The molecule has 0 aromatic heterocycles. The van der Waals surface area contributed by atoms with Gasteiger partial charge in [0.05, 0.1) is 0 Å². The number of carbonyl (C=O) groups excluding carboxylic acids is 1. The summed E-state index contributed by atoms with van der Waals surface area (Å²) in [6.07, 6.45) is 1.86. The molecule has 0 heterocycles. The van der Waals surface area contributed by atoms with Crippen molar-refractivity contribution in [2.75, 3.05) is 0 Å². The first-order valence-electron chi connectivity index (χ1n) is 5.21. The van der Waals surface area contributed by atoms with Gasteiger partial charge in [-0.3, -0.25) is 4.79 Å². The predicted molar refractivity (Wildman–Crippen MR) is 63.5 cm³/mol. The van der Waals surface area contributed by atoms with Crippen molar-refractivity contribution in [1.29, 1.82) is 0 Å². The number of Topliss-reactive ketones (excluding diaryl/α,β-unsaturated/α-hetero) is 1. The first-order valence-corrected chi connectivity index (χ1v) is 5.21. The predicted octanol–water partition coefficient (Wildman–Crippen LogP) is 3.33. The third-order valence-electron chi connectivity index (χ3n) is 2.94. The number of aliphatic hydroxyl groups excluding tert-OH is 1. The molecule has 0 unspecified atom stereocenters. The number of hydrogen-bond acceptors (Lipinski definition) is 2. The lowest BCUT2D eigenvalue weighted by Crippen LogP contribution is -2.07. The quantitative estimate of drug-likeness (QED) is 0.724. The van der Waals surface area contributed by atoms with Crippen LogP contribution in [0, 0.1) is 0 Å². The molecule has 0 amide bonds. The molecule has 0 radical (unpaired) electrons. The maximum atomic E-state index is 11.7. The maximum absolute atomic E-state index is 11.7. The molecule has 1 N–H and O–H groups in total. The highest BCUT2D eigenvalue weighted by molar-refractivity contribution is 6.07. The molecule has 0 spiro atoms. The van der Waals surface area contributed by atoms with E-state index in [1.807, 2.05) is 36.4 Å². The fourth-order valence-electron chi connectivity index (χ4n) is 2.09. The van der Waals surface area contributed by atoms with Crippen LogP contribution >= 0.6 is 0 Å². The van der Waals surface area contributed by atoms with Crippen LogP contribution in [0.2, 0.25) is 0 Å². The molecule has 0 saturated carbocycles. The number of benzene rings is 2. The first-order chi connectivity index (χ1) is 7.75. The summed E-state index contributed by atoms with van der Waals surface area (Å²) in [6, 6.07) is 11.6. The third-order valence-corrected chi connectivity index (χ3v) is 2.94. The fourth-order valence-corrected chi connectivity index (χ4v) is 2.09. The second kappa shape index (κ2) is 3.20. The van der Waals surface area contributed by atoms with Crippen molar-refractivity contribution in [2.24, 2.45) is 0 Å². The molecule has 0 atom stereocenters. The van der Waals surface area contributed by atoms with Gasteiger partial charge in [-0.25, -0.2) is 0 Å². The highest BCUT2D eigenvalue weighted by Gasteiger charge is 2.18. The van der Waals surface area contributed by atoms with E-state index in [4.69, 9.17) is 0 Å². The summed E-state index contributed by atoms with van der Waals surface area (Å²) in [5.41, 5.74) is 1.27. The van der Waals surface area contributed by atoms with Crippen molar-refractivity contribution in [1.82, 2.24) is 0 Å². The molecule has 0 saturated heterocycles. The Morgan fingerprint density at radius 3 is 2.31 bits per heavy atom. The Morgan fingerprint density at radius 1 is 1.00 bits per heavy atom. The molecule has 2 heteroatoms. The monoisotopic (exact) mass is 210 g/mol. The highest BCUT2D eigenvalue weighted by atomic mass is 16.3. The van der Waals surface area contributed by atoms with Crippen LogP contribution in [0.5, 0.6) is 0 Å². The van der Waals surface area contributed by atoms with Crippen molar-refractivity contribution in [2.45, 2.75) is 6.42 Å². The molecule has 1 aliphatic rings. The molecular formula is C14H10O2.